The topological polar surface area (TPSA) is 63.2 Å². The number of ketones is 1. The summed E-state index contributed by atoms with van der Waals surface area (Å²) in [5, 5.41) is 0. The summed E-state index contributed by atoms with van der Waals surface area (Å²) >= 11 is 0.984. The van der Waals surface area contributed by atoms with Gasteiger partial charge in [-0.1, -0.05) is 0 Å². The van der Waals surface area contributed by atoms with Gasteiger partial charge in [0.1, 0.15) is 9.90 Å². The summed E-state index contributed by atoms with van der Waals surface area (Å²) in [5.74, 6) is -2.80. The molecule has 0 fully saturated rings. The highest BCUT2D eigenvalue weighted by Gasteiger charge is 2.21. The Morgan fingerprint density at radius 3 is 2.19 bits per heavy atom. The number of rotatable bonds is 4. The van der Waals surface area contributed by atoms with Crippen LogP contribution in [0.15, 0.2) is 28.5 Å². The summed E-state index contributed by atoms with van der Waals surface area (Å²) in [4.78, 5) is 11.9. The Kier molecular flexibility index (Phi) is 4.11. The number of benzene rings is 1. The molecule has 0 aliphatic heterocycles. The summed E-state index contributed by atoms with van der Waals surface area (Å²) in [6.45, 7) is 2.87. The van der Waals surface area contributed by atoms with E-state index in [4.69, 9.17) is 0 Å². The molecule has 1 aromatic carbocycles. The van der Waals surface area contributed by atoms with Crippen LogP contribution in [0, 0.1) is 18.6 Å². The van der Waals surface area contributed by atoms with E-state index >= 15 is 0 Å². The summed E-state index contributed by atoms with van der Waals surface area (Å²) in [6, 6.07) is 4.53. The molecule has 0 saturated heterocycles. The Bertz CT molecular complexity index is 790. The van der Waals surface area contributed by atoms with Gasteiger partial charge in [-0.25, -0.2) is 17.2 Å². The van der Waals surface area contributed by atoms with Crippen molar-refractivity contribution in [2.24, 2.45) is 0 Å². The van der Waals surface area contributed by atoms with Crippen LogP contribution in [0.25, 0.3) is 0 Å². The third kappa shape index (κ3) is 3.27. The number of anilines is 1. The standard InChI is InChI=1S/C13H11F2NO3S2/c1-7-3-4-12(20-7)21(18,19)16-13-10(14)5-9(8(2)17)6-11(13)15/h3-6,16H,1-2H3. The van der Waals surface area contributed by atoms with Crippen LogP contribution in [-0.2, 0) is 10.0 Å². The molecule has 0 amide bonds. The largest absolute Gasteiger partial charge is 0.295 e. The number of thiophene rings is 1. The molecule has 0 atom stereocenters. The summed E-state index contributed by atoms with van der Waals surface area (Å²) in [7, 11) is -4.07. The molecular weight excluding hydrogens is 320 g/mol. The SMILES string of the molecule is CC(=O)c1cc(F)c(NS(=O)(=O)c2ccc(C)s2)c(F)c1. The smallest absolute Gasteiger partial charge is 0.271 e. The van der Waals surface area contributed by atoms with E-state index in [-0.39, 0.29) is 9.77 Å². The number of halogens is 2. The lowest BCUT2D eigenvalue weighted by atomic mass is 10.1. The lowest BCUT2D eigenvalue weighted by molar-refractivity contribution is 0.101. The molecule has 0 spiro atoms. The van der Waals surface area contributed by atoms with Gasteiger partial charge in [-0.15, -0.1) is 11.3 Å². The summed E-state index contributed by atoms with van der Waals surface area (Å²) in [6.07, 6.45) is 0. The first-order valence-corrected chi connectivity index (χ1v) is 8.10. The molecule has 2 aromatic rings. The molecule has 21 heavy (non-hydrogen) atoms. The highest BCUT2D eigenvalue weighted by atomic mass is 32.2. The fourth-order valence-electron chi connectivity index (χ4n) is 1.62. The number of aryl methyl sites for hydroxylation is 1. The first-order chi connectivity index (χ1) is 9.70. The van der Waals surface area contributed by atoms with Gasteiger partial charge in [-0.2, -0.15) is 0 Å². The van der Waals surface area contributed by atoms with Crippen LogP contribution in [0.2, 0.25) is 0 Å². The second kappa shape index (κ2) is 5.53. The lowest BCUT2D eigenvalue weighted by Gasteiger charge is -2.09. The Morgan fingerprint density at radius 2 is 1.76 bits per heavy atom. The minimum Gasteiger partial charge on any atom is -0.295 e. The van der Waals surface area contributed by atoms with Crippen molar-refractivity contribution in [1.29, 1.82) is 0 Å². The van der Waals surface area contributed by atoms with Crippen LogP contribution in [-0.4, -0.2) is 14.2 Å². The van der Waals surface area contributed by atoms with Gasteiger partial charge in [0.25, 0.3) is 10.0 Å². The number of carbonyl (C=O) groups is 1. The number of nitrogens with one attached hydrogen (secondary N) is 1. The van der Waals surface area contributed by atoms with E-state index in [9.17, 15) is 22.0 Å². The highest BCUT2D eigenvalue weighted by Crippen LogP contribution is 2.27. The zero-order valence-electron chi connectivity index (χ0n) is 11.1. The predicted octanol–water partition coefficient (Wildman–Crippen LogP) is 3.34. The first kappa shape index (κ1) is 15.6. The van der Waals surface area contributed by atoms with E-state index in [1.54, 1.807) is 13.0 Å². The predicted molar refractivity (Wildman–Crippen MR) is 76.2 cm³/mol. The molecule has 0 unspecified atom stereocenters. The molecule has 0 saturated carbocycles. The average molecular weight is 331 g/mol. The molecule has 0 bridgehead atoms. The van der Waals surface area contributed by atoms with Crippen molar-refractivity contribution >= 4 is 32.8 Å². The third-order valence-electron chi connectivity index (χ3n) is 2.67. The molecule has 1 heterocycles. The van der Waals surface area contributed by atoms with Crippen LogP contribution < -0.4 is 4.72 Å². The highest BCUT2D eigenvalue weighted by molar-refractivity contribution is 7.94. The number of hydrogen-bond donors (Lipinski definition) is 1. The van der Waals surface area contributed by atoms with E-state index in [0.29, 0.717) is 0 Å². The van der Waals surface area contributed by atoms with Gasteiger partial charge in [0, 0.05) is 10.4 Å². The monoisotopic (exact) mass is 331 g/mol. The maximum Gasteiger partial charge on any atom is 0.271 e. The van der Waals surface area contributed by atoms with Crippen molar-refractivity contribution in [3.05, 3.63) is 46.3 Å². The minimum atomic E-state index is -4.07. The molecule has 0 aliphatic carbocycles. The van der Waals surface area contributed by atoms with Gasteiger partial charge >= 0.3 is 0 Å². The second-order valence-corrected chi connectivity index (χ2v) is 7.54. The number of hydrogen-bond acceptors (Lipinski definition) is 4. The molecule has 0 radical (unpaired) electrons. The van der Waals surface area contributed by atoms with Crippen LogP contribution in [0.1, 0.15) is 22.2 Å². The van der Waals surface area contributed by atoms with E-state index in [1.807, 2.05) is 4.72 Å². The number of Topliss-reactive ketones (excluding diaryl/α,β-unsaturated/α-hetero) is 1. The first-order valence-electron chi connectivity index (χ1n) is 5.80. The van der Waals surface area contributed by atoms with Crippen LogP contribution in [0.4, 0.5) is 14.5 Å². The van der Waals surface area contributed by atoms with Crippen molar-refractivity contribution in [2.45, 2.75) is 18.1 Å². The van der Waals surface area contributed by atoms with E-state index in [1.165, 1.54) is 6.07 Å². The molecule has 1 aromatic heterocycles. The van der Waals surface area contributed by atoms with Gasteiger partial charge in [0.05, 0.1) is 0 Å². The summed E-state index contributed by atoms with van der Waals surface area (Å²) < 4.78 is 53.5. The quantitative estimate of drug-likeness (QED) is 0.874. The third-order valence-corrected chi connectivity index (χ3v) is 5.51. The van der Waals surface area contributed by atoms with Gasteiger partial charge in [0.2, 0.25) is 0 Å². The van der Waals surface area contributed by atoms with Crippen LogP contribution in [0.5, 0.6) is 0 Å². The van der Waals surface area contributed by atoms with Gasteiger partial charge in [-0.3, -0.25) is 9.52 Å². The van der Waals surface area contributed by atoms with Crippen molar-refractivity contribution in [2.75, 3.05) is 4.72 Å². The fourth-order valence-corrected chi connectivity index (χ4v) is 3.97. The maximum absolute atomic E-state index is 13.8. The minimum absolute atomic E-state index is 0.0468. The van der Waals surface area contributed by atoms with Gasteiger partial charge in [0.15, 0.2) is 17.4 Å². The average Bonchev–Trinajstić information content (AvgIpc) is 2.81. The maximum atomic E-state index is 13.8. The van der Waals surface area contributed by atoms with Crippen molar-refractivity contribution < 1.29 is 22.0 Å². The molecule has 4 nitrogen and oxygen atoms in total. The molecule has 112 valence electrons. The summed E-state index contributed by atoms with van der Waals surface area (Å²) in [5.41, 5.74) is -0.967. The second-order valence-electron chi connectivity index (χ2n) is 4.34. The Hall–Kier alpha value is -1.80. The lowest BCUT2D eigenvalue weighted by Crippen LogP contribution is -2.14. The Morgan fingerprint density at radius 1 is 1.19 bits per heavy atom. The Balaban J connectivity index is 2.42. The van der Waals surface area contributed by atoms with Crippen molar-refractivity contribution in [3.8, 4) is 0 Å². The molecule has 1 N–H and O–H groups in total. The molecule has 2 rings (SSSR count). The molecule has 8 heteroatoms. The number of carbonyl (C=O) groups excluding carboxylic acids is 1. The Labute approximate surface area is 124 Å². The van der Waals surface area contributed by atoms with Crippen LogP contribution >= 0.6 is 11.3 Å². The van der Waals surface area contributed by atoms with E-state index in [2.05, 4.69) is 0 Å². The van der Waals surface area contributed by atoms with Gasteiger partial charge < -0.3 is 0 Å². The molecule has 0 aliphatic rings. The van der Waals surface area contributed by atoms with Crippen molar-refractivity contribution in [1.82, 2.24) is 0 Å². The normalized spacial score (nSPS) is 11.4. The van der Waals surface area contributed by atoms with E-state index in [0.717, 1.165) is 35.3 Å². The number of sulfonamides is 1. The zero-order valence-corrected chi connectivity index (χ0v) is 12.7. The fraction of sp³-hybridized carbons (Fsp3) is 0.154. The zero-order chi connectivity index (χ0) is 15.8. The van der Waals surface area contributed by atoms with Crippen molar-refractivity contribution in [3.63, 3.8) is 0 Å². The van der Waals surface area contributed by atoms with Gasteiger partial charge in [-0.05, 0) is 38.1 Å². The molecular formula is C13H11F2NO3S2. The van der Waals surface area contributed by atoms with Crippen LogP contribution in [0.3, 0.4) is 0 Å². The van der Waals surface area contributed by atoms with E-state index < -0.39 is 33.1 Å².